The minimum absolute atomic E-state index is 0.00698. The molecule has 3 rings (SSSR count). The van der Waals surface area contributed by atoms with Gasteiger partial charge in [-0.15, -0.1) is 0 Å². The highest BCUT2D eigenvalue weighted by molar-refractivity contribution is 5.89. The first-order chi connectivity index (χ1) is 11.7. The number of likely N-dealkylation sites (tertiary alicyclic amines) is 1. The van der Waals surface area contributed by atoms with Crippen molar-refractivity contribution >= 4 is 5.91 Å². The number of carbonyl (C=O) groups is 1. The van der Waals surface area contributed by atoms with Gasteiger partial charge < -0.3 is 14.6 Å². The Balaban J connectivity index is 1.50. The number of pyridine rings is 1. The van der Waals surface area contributed by atoms with Crippen molar-refractivity contribution in [1.29, 1.82) is 0 Å². The topological polar surface area (TPSA) is 93.4 Å². The van der Waals surface area contributed by atoms with E-state index in [1.165, 1.54) is 7.05 Å². The third kappa shape index (κ3) is 4.36. The number of amides is 1. The Morgan fingerprint density at radius 2 is 2.42 bits per heavy atom. The van der Waals surface area contributed by atoms with E-state index >= 15 is 0 Å². The van der Waals surface area contributed by atoms with Crippen molar-refractivity contribution in [1.82, 2.24) is 25.3 Å². The number of nitrogens with one attached hydrogen (secondary N) is 1. The maximum Gasteiger partial charge on any atom is 0.315 e. The van der Waals surface area contributed by atoms with Crippen LogP contribution in [0.4, 0.5) is 0 Å². The molecule has 1 saturated heterocycles. The van der Waals surface area contributed by atoms with E-state index in [-0.39, 0.29) is 17.9 Å². The van der Waals surface area contributed by atoms with E-state index in [9.17, 15) is 4.79 Å². The Bertz CT molecular complexity index is 661. The van der Waals surface area contributed by atoms with E-state index < -0.39 is 0 Å². The number of rotatable bonds is 6. The van der Waals surface area contributed by atoms with E-state index in [1.807, 2.05) is 18.2 Å². The van der Waals surface area contributed by atoms with Gasteiger partial charge in [0.1, 0.15) is 0 Å². The van der Waals surface area contributed by atoms with E-state index in [1.54, 1.807) is 6.20 Å². The quantitative estimate of drug-likeness (QED) is 0.844. The van der Waals surface area contributed by atoms with Gasteiger partial charge in [-0.1, -0.05) is 11.2 Å². The summed E-state index contributed by atoms with van der Waals surface area (Å²) in [6, 6.07) is 5.81. The van der Waals surface area contributed by atoms with Crippen molar-refractivity contribution in [2.24, 2.45) is 0 Å². The van der Waals surface area contributed by atoms with Crippen molar-refractivity contribution in [2.45, 2.75) is 32.1 Å². The third-order valence-electron chi connectivity index (χ3n) is 3.91. The first-order valence-electron chi connectivity index (χ1n) is 8.03. The maximum atomic E-state index is 11.4. The summed E-state index contributed by atoms with van der Waals surface area (Å²) in [4.78, 5) is 22.0. The van der Waals surface area contributed by atoms with Crippen LogP contribution in [0.3, 0.4) is 0 Å². The zero-order chi connectivity index (χ0) is 16.8. The van der Waals surface area contributed by atoms with Crippen molar-refractivity contribution in [3.8, 4) is 0 Å². The Kier molecular flexibility index (Phi) is 5.50. The normalized spacial score (nSPS) is 18.5. The van der Waals surface area contributed by atoms with Gasteiger partial charge in [-0.2, -0.15) is 4.98 Å². The predicted molar refractivity (Wildman–Crippen MR) is 85.0 cm³/mol. The van der Waals surface area contributed by atoms with E-state index in [0.29, 0.717) is 19.0 Å². The molecule has 0 aromatic carbocycles. The average molecular weight is 331 g/mol. The second-order valence-electron chi connectivity index (χ2n) is 5.73. The van der Waals surface area contributed by atoms with Gasteiger partial charge in [-0.3, -0.25) is 14.7 Å². The third-order valence-corrected chi connectivity index (χ3v) is 3.91. The Hall–Kier alpha value is -2.32. The summed E-state index contributed by atoms with van der Waals surface area (Å²) in [5.41, 5.74) is 0.933. The van der Waals surface area contributed by atoms with Crippen LogP contribution in [-0.4, -0.2) is 52.2 Å². The molecule has 24 heavy (non-hydrogen) atoms. The molecule has 1 unspecified atom stereocenters. The fourth-order valence-corrected chi connectivity index (χ4v) is 2.70. The molecule has 128 valence electrons. The van der Waals surface area contributed by atoms with Crippen molar-refractivity contribution < 1.29 is 14.1 Å². The largest absolute Gasteiger partial charge is 0.371 e. The summed E-state index contributed by atoms with van der Waals surface area (Å²) in [6.07, 6.45) is 4.00. The Labute approximate surface area is 140 Å². The van der Waals surface area contributed by atoms with Crippen LogP contribution in [0.25, 0.3) is 0 Å². The highest BCUT2D eigenvalue weighted by Gasteiger charge is 2.23. The van der Waals surface area contributed by atoms with Gasteiger partial charge in [0.15, 0.2) is 5.82 Å². The SMILES string of the molecule is CNC(=O)c1nc(CN2CCCC(OCc3ccccn3)C2)no1. The van der Waals surface area contributed by atoms with Gasteiger partial charge >= 0.3 is 11.8 Å². The molecular formula is C16H21N5O3. The molecule has 0 aliphatic carbocycles. The Morgan fingerprint density at radius 1 is 1.50 bits per heavy atom. The van der Waals surface area contributed by atoms with Gasteiger partial charge in [0, 0.05) is 19.8 Å². The van der Waals surface area contributed by atoms with Gasteiger partial charge in [0.2, 0.25) is 0 Å². The number of aromatic nitrogens is 3. The molecule has 8 nitrogen and oxygen atoms in total. The van der Waals surface area contributed by atoms with Crippen LogP contribution >= 0.6 is 0 Å². The second kappa shape index (κ2) is 7.98. The zero-order valence-electron chi connectivity index (χ0n) is 13.6. The highest BCUT2D eigenvalue weighted by Crippen LogP contribution is 2.16. The fraction of sp³-hybridized carbons (Fsp3) is 0.500. The van der Waals surface area contributed by atoms with E-state index in [0.717, 1.165) is 31.6 Å². The molecule has 2 aromatic heterocycles. The molecule has 8 heteroatoms. The van der Waals surface area contributed by atoms with Gasteiger partial charge in [-0.25, -0.2) is 0 Å². The average Bonchev–Trinajstić information content (AvgIpc) is 3.09. The molecule has 3 heterocycles. The lowest BCUT2D eigenvalue weighted by Gasteiger charge is -2.31. The van der Waals surface area contributed by atoms with E-state index in [2.05, 4.69) is 25.3 Å². The first-order valence-corrected chi connectivity index (χ1v) is 8.03. The van der Waals surface area contributed by atoms with Crippen LogP contribution < -0.4 is 5.32 Å². The van der Waals surface area contributed by atoms with Crippen LogP contribution in [0.15, 0.2) is 28.9 Å². The van der Waals surface area contributed by atoms with Crippen LogP contribution in [0.5, 0.6) is 0 Å². The molecule has 1 amide bonds. The number of piperidine rings is 1. The second-order valence-corrected chi connectivity index (χ2v) is 5.73. The number of carbonyl (C=O) groups excluding carboxylic acids is 1. The molecule has 2 aromatic rings. The highest BCUT2D eigenvalue weighted by atomic mass is 16.5. The summed E-state index contributed by atoms with van der Waals surface area (Å²) >= 11 is 0. The first kappa shape index (κ1) is 16.5. The number of ether oxygens (including phenoxy) is 1. The molecule has 1 N–H and O–H groups in total. The van der Waals surface area contributed by atoms with E-state index in [4.69, 9.17) is 9.26 Å². The Morgan fingerprint density at radius 3 is 3.21 bits per heavy atom. The standard InChI is InChI=1S/C16H21N5O3/c1-17-15(22)16-19-14(20-24-16)10-21-8-4-6-13(9-21)23-11-12-5-2-3-7-18-12/h2-3,5,7,13H,4,6,8-11H2,1H3,(H,17,22). The summed E-state index contributed by atoms with van der Waals surface area (Å²) < 4.78 is 10.9. The summed E-state index contributed by atoms with van der Waals surface area (Å²) in [7, 11) is 1.53. The lowest BCUT2D eigenvalue weighted by atomic mass is 10.1. The molecule has 0 radical (unpaired) electrons. The number of hydrogen-bond donors (Lipinski definition) is 1. The van der Waals surface area contributed by atoms with Crippen molar-refractivity contribution in [3.05, 3.63) is 41.8 Å². The molecule has 0 saturated carbocycles. The van der Waals surface area contributed by atoms with Crippen LogP contribution in [0, 0.1) is 0 Å². The summed E-state index contributed by atoms with van der Waals surface area (Å²) in [5.74, 6) is 0.135. The predicted octanol–water partition coefficient (Wildman–Crippen LogP) is 1.01. The molecule has 1 atom stereocenters. The summed E-state index contributed by atoms with van der Waals surface area (Å²) in [5, 5.41) is 6.32. The van der Waals surface area contributed by atoms with Crippen LogP contribution in [-0.2, 0) is 17.9 Å². The smallest absolute Gasteiger partial charge is 0.315 e. The van der Waals surface area contributed by atoms with Gasteiger partial charge in [-0.05, 0) is 31.5 Å². The van der Waals surface area contributed by atoms with Crippen molar-refractivity contribution in [3.63, 3.8) is 0 Å². The van der Waals surface area contributed by atoms with Gasteiger partial charge in [0.25, 0.3) is 0 Å². The molecule has 1 fully saturated rings. The van der Waals surface area contributed by atoms with Crippen LogP contribution in [0.2, 0.25) is 0 Å². The molecule has 1 aliphatic heterocycles. The van der Waals surface area contributed by atoms with Crippen molar-refractivity contribution in [2.75, 3.05) is 20.1 Å². The maximum absolute atomic E-state index is 11.4. The molecule has 0 spiro atoms. The minimum Gasteiger partial charge on any atom is -0.371 e. The number of hydrogen-bond acceptors (Lipinski definition) is 7. The summed E-state index contributed by atoms with van der Waals surface area (Å²) in [6.45, 7) is 2.82. The van der Waals surface area contributed by atoms with Crippen LogP contribution in [0.1, 0.15) is 35.0 Å². The minimum atomic E-state index is -0.371. The molecular weight excluding hydrogens is 310 g/mol. The lowest BCUT2D eigenvalue weighted by Crippen LogP contribution is -2.39. The van der Waals surface area contributed by atoms with Gasteiger partial charge in [0.05, 0.1) is 24.9 Å². The number of nitrogens with zero attached hydrogens (tertiary/aromatic N) is 4. The zero-order valence-corrected chi connectivity index (χ0v) is 13.6. The lowest BCUT2D eigenvalue weighted by molar-refractivity contribution is -0.0139. The fourth-order valence-electron chi connectivity index (χ4n) is 2.70. The monoisotopic (exact) mass is 331 g/mol. The molecule has 1 aliphatic rings. The molecule has 0 bridgehead atoms.